The van der Waals surface area contributed by atoms with Crippen LogP contribution in [0.5, 0.6) is 0 Å². The van der Waals surface area contributed by atoms with Crippen molar-refractivity contribution < 1.29 is 0 Å². The Morgan fingerprint density at radius 1 is 0.632 bits per heavy atom. The first kappa shape index (κ1) is 11.9. The second-order valence-electron chi connectivity index (χ2n) is 3.89. The van der Waals surface area contributed by atoms with Crippen molar-refractivity contribution in [3.8, 4) is 22.8 Å². The van der Waals surface area contributed by atoms with Gasteiger partial charge in [-0.3, -0.25) is 0 Å². The molecule has 92 valence electrons. The molecular weight excluding hydrogens is 304 g/mol. The van der Waals surface area contributed by atoms with Crippen LogP contribution in [-0.2, 0) is 0 Å². The Balaban J connectivity index is 1.98. The van der Waals surface area contributed by atoms with Crippen LogP contribution in [0.2, 0.25) is 0 Å². The van der Waals surface area contributed by atoms with Crippen molar-refractivity contribution in [1.82, 2.24) is 20.4 Å². The summed E-state index contributed by atoms with van der Waals surface area (Å²) in [7, 11) is 0. The molecule has 2 aromatic carbocycles. The molecule has 0 aliphatic heterocycles. The molecule has 0 saturated carbocycles. The summed E-state index contributed by atoms with van der Waals surface area (Å²) in [5.74, 6) is 1.03. The number of aromatic nitrogens is 4. The fraction of sp³-hybridized carbons (Fsp3) is 0. The molecule has 3 aromatic rings. The van der Waals surface area contributed by atoms with Gasteiger partial charge in [-0.2, -0.15) is 0 Å². The molecule has 0 fully saturated rings. The zero-order valence-corrected chi connectivity index (χ0v) is 11.4. The molecule has 19 heavy (non-hydrogen) atoms. The van der Waals surface area contributed by atoms with Crippen LogP contribution in [0.3, 0.4) is 0 Å². The standard InChI is InChI=1S/C14H9BrN4/c15-12-9-5-4-8-11(12)14-18-16-13(17-19-14)10-6-2-1-3-7-10/h1-9H. The van der Waals surface area contributed by atoms with Gasteiger partial charge in [-0.1, -0.05) is 58.4 Å². The van der Waals surface area contributed by atoms with Gasteiger partial charge in [0.15, 0.2) is 0 Å². The van der Waals surface area contributed by atoms with E-state index >= 15 is 0 Å². The van der Waals surface area contributed by atoms with E-state index in [1.165, 1.54) is 0 Å². The first-order valence-corrected chi connectivity index (χ1v) is 6.51. The van der Waals surface area contributed by atoms with Crippen LogP contribution < -0.4 is 0 Å². The smallest absolute Gasteiger partial charge is 0.126 e. The molecule has 1 heterocycles. The normalized spacial score (nSPS) is 10.4. The largest absolute Gasteiger partial charge is 0.204 e. The molecule has 0 aliphatic carbocycles. The first-order valence-electron chi connectivity index (χ1n) is 5.72. The van der Waals surface area contributed by atoms with Crippen LogP contribution in [-0.4, -0.2) is 20.4 Å². The van der Waals surface area contributed by atoms with Crippen LogP contribution >= 0.6 is 15.9 Å². The minimum atomic E-state index is 0.507. The Kier molecular flexibility index (Phi) is 3.29. The van der Waals surface area contributed by atoms with Gasteiger partial charge in [0.1, 0.15) is 0 Å². The maximum Gasteiger partial charge on any atom is 0.204 e. The van der Waals surface area contributed by atoms with Gasteiger partial charge in [0.2, 0.25) is 11.6 Å². The zero-order chi connectivity index (χ0) is 13.1. The summed E-state index contributed by atoms with van der Waals surface area (Å²) >= 11 is 3.46. The van der Waals surface area contributed by atoms with Crippen LogP contribution in [0.1, 0.15) is 0 Å². The third-order valence-electron chi connectivity index (χ3n) is 2.63. The van der Waals surface area contributed by atoms with Crippen LogP contribution in [0.15, 0.2) is 59.1 Å². The van der Waals surface area contributed by atoms with E-state index in [0.29, 0.717) is 11.6 Å². The predicted molar refractivity (Wildman–Crippen MR) is 76.2 cm³/mol. The van der Waals surface area contributed by atoms with Crippen molar-refractivity contribution in [2.24, 2.45) is 0 Å². The third-order valence-corrected chi connectivity index (χ3v) is 3.32. The average Bonchev–Trinajstić information content (AvgIpc) is 2.49. The van der Waals surface area contributed by atoms with E-state index < -0.39 is 0 Å². The van der Waals surface area contributed by atoms with Gasteiger partial charge >= 0.3 is 0 Å². The number of hydrogen-bond acceptors (Lipinski definition) is 4. The maximum absolute atomic E-state index is 4.13. The topological polar surface area (TPSA) is 51.6 Å². The Labute approximate surface area is 118 Å². The summed E-state index contributed by atoms with van der Waals surface area (Å²) in [5.41, 5.74) is 1.78. The number of halogens is 1. The molecule has 0 aliphatic rings. The molecule has 0 N–H and O–H groups in total. The molecule has 0 radical (unpaired) electrons. The molecule has 0 amide bonds. The Morgan fingerprint density at radius 2 is 1.21 bits per heavy atom. The lowest BCUT2D eigenvalue weighted by Gasteiger charge is -2.02. The molecule has 3 rings (SSSR count). The number of hydrogen-bond donors (Lipinski definition) is 0. The highest BCUT2D eigenvalue weighted by Gasteiger charge is 2.08. The molecule has 0 atom stereocenters. The van der Waals surface area contributed by atoms with Crippen molar-refractivity contribution >= 4 is 15.9 Å². The highest BCUT2D eigenvalue weighted by Crippen LogP contribution is 2.24. The quantitative estimate of drug-likeness (QED) is 0.728. The van der Waals surface area contributed by atoms with Gasteiger partial charge in [0, 0.05) is 15.6 Å². The number of nitrogens with zero attached hydrogens (tertiary/aromatic N) is 4. The van der Waals surface area contributed by atoms with Crippen molar-refractivity contribution in [1.29, 1.82) is 0 Å². The van der Waals surface area contributed by atoms with Crippen molar-refractivity contribution in [2.75, 3.05) is 0 Å². The molecule has 0 bridgehead atoms. The lowest BCUT2D eigenvalue weighted by atomic mass is 10.2. The first-order chi connectivity index (χ1) is 9.34. The molecule has 1 aromatic heterocycles. The van der Waals surface area contributed by atoms with Gasteiger partial charge in [0.05, 0.1) is 0 Å². The van der Waals surface area contributed by atoms with E-state index in [-0.39, 0.29) is 0 Å². The molecule has 4 nitrogen and oxygen atoms in total. The monoisotopic (exact) mass is 312 g/mol. The summed E-state index contributed by atoms with van der Waals surface area (Å²) in [4.78, 5) is 0. The SMILES string of the molecule is Brc1ccccc1-c1nnc(-c2ccccc2)nn1. The van der Waals surface area contributed by atoms with Gasteiger partial charge < -0.3 is 0 Å². The van der Waals surface area contributed by atoms with Gasteiger partial charge in [-0.15, -0.1) is 20.4 Å². The van der Waals surface area contributed by atoms with Gasteiger partial charge in [0.25, 0.3) is 0 Å². The number of rotatable bonds is 2. The van der Waals surface area contributed by atoms with E-state index in [9.17, 15) is 0 Å². The van der Waals surface area contributed by atoms with E-state index in [4.69, 9.17) is 0 Å². The predicted octanol–water partition coefficient (Wildman–Crippen LogP) is 3.36. The van der Waals surface area contributed by atoms with Gasteiger partial charge in [-0.05, 0) is 12.1 Å². The fourth-order valence-electron chi connectivity index (χ4n) is 1.68. The summed E-state index contributed by atoms with van der Waals surface area (Å²) in [6, 6.07) is 17.4. The lowest BCUT2D eigenvalue weighted by molar-refractivity contribution is 0.875. The highest BCUT2D eigenvalue weighted by molar-refractivity contribution is 9.10. The summed E-state index contributed by atoms with van der Waals surface area (Å²) in [6.45, 7) is 0. The molecule has 0 unspecified atom stereocenters. The van der Waals surface area contributed by atoms with Crippen molar-refractivity contribution in [3.63, 3.8) is 0 Å². The molecule has 0 saturated heterocycles. The van der Waals surface area contributed by atoms with E-state index in [1.54, 1.807) is 0 Å². The molecule has 0 spiro atoms. The minimum Gasteiger partial charge on any atom is -0.126 e. The highest BCUT2D eigenvalue weighted by atomic mass is 79.9. The van der Waals surface area contributed by atoms with E-state index in [2.05, 4.69) is 36.3 Å². The lowest BCUT2D eigenvalue weighted by Crippen LogP contribution is -1.99. The minimum absolute atomic E-state index is 0.507. The summed E-state index contributed by atoms with van der Waals surface area (Å²) < 4.78 is 0.922. The third kappa shape index (κ3) is 2.51. The van der Waals surface area contributed by atoms with Crippen molar-refractivity contribution in [2.45, 2.75) is 0 Å². The second-order valence-corrected chi connectivity index (χ2v) is 4.75. The van der Waals surface area contributed by atoms with E-state index in [0.717, 1.165) is 15.6 Å². The number of benzene rings is 2. The Morgan fingerprint density at radius 3 is 1.89 bits per heavy atom. The second kappa shape index (κ2) is 5.24. The van der Waals surface area contributed by atoms with Crippen molar-refractivity contribution in [3.05, 3.63) is 59.1 Å². The maximum atomic E-state index is 4.13. The van der Waals surface area contributed by atoms with Crippen LogP contribution in [0, 0.1) is 0 Å². The van der Waals surface area contributed by atoms with Gasteiger partial charge in [-0.25, -0.2) is 0 Å². The summed E-state index contributed by atoms with van der Waals surface area (Å²) in [6.07, 6.45) is 0. The summed E-state index contributed by atoms with van der Waals surface area (Å²) in [5, 5.41) is 16.5. The Hall–Kier alpha value is -2.14. The zero-order valence-electron chi connectivity index (χ0n) is 9.86. The fourth-order valence-corrected chi connectivity index (χ4v) is 2.14. The molecule has 5 heteroatoms. The van der Waals surface area contributed by atoms with E-state index in [1.807, 2.05) is 54.6 Å². The van der Waals surface area contributed by atoms with Crippen LogP contribution in [0.4, 0.5) is 0 Å². The molecular formula is C14H9BrN4. The Bertz CT molecular complexity index is 683. The van der Waals surface area contributed by atoms with Crippen LogP contribution in [0.25, 0.3) is 22.8 Å². The average molecular weight is 313 g/mol.